The van der Waals surface area contributed by atoms with Gasteiger partial charge in [0.2, 0.25) is 10.0 Å². The fourth-order valence-corrected chi connectivity index (χ4v) is 7.18. The van der Waals surface area contributed by atoms with Gasteiger partial charge in [0.1, 0.15) is 5.78 Å². The van der Waals surface area contributed by atoms with Crippen LogP contribution in [0.3, 0.4) is 0 Å². The minimum Gasteiger partial charge on any atom is -0.378 e. The predicted molar refractivity (Wildman–Crippen MR) is 196 cm³/mol. The number of fused-ring (bicyclic) bond motifs is 1. The Morgan fingerprint density at radius 1 is 0.880 bits per heavy atom. The summed E-state index contributed by atoms with van der Waals surface area (Å²) in [5, 5.41) is 6.69. The molecular formula is C36H46Cl2N4O7S. The number of Topliss-reactive ketones (excluding diaryl/α,β-unsaturated/α-hetero) is 1. The van der Waals surface area contributed by atoms with E-state index in [1.54, 1.807) is 30.3 Å². The maximum Gasteiger partial charge on any atom is 0.319 e. The van der Waals surface area contributed by atoms with Crippen LogP contribution in [0.5, 0.6) is 0 Å². The summed E-state index contributed by atoms with van der Waals surface area (Å²) in [7, 11) is -1.68. The van der Waals surface area contributed by atoms with Gasteiger partial charge >= 0.3 is 6.03 Å². The van der Waals surface area contributed by atoms with Crippen molar-refractivity contribution in [1.82, 2.24) is 14.9 Å². The number of likely N-dealkylation sites (N-methyl/N-ethyl adjacent to an activating group) is 1. The molecule has 0 radical (unpaired) electrons. The fourth-order valence-electron chi connectivity index (χ4n) is 5.60. The molecule has 0 saturated heterocycles. The van der Waals surface area contributed by atoms with E-state index in [2.05, 4.69) is 20.3 Å². The first-order valence-electron chi connectivity index (χ1n) is 16.7. The van der Waals surface area contributed by atoms with Crippen LogP contribution in [0.4, 0.5) is 10.5 Å². The van der Waals surface area contributed by atoms with Crippen molar-refractivity contribution in [2.45, 2.75) is 43.5 Å². The van der Waals surface area contributed by atoms with Crippen LogP contribution in [-0.2, 0) is 42.0 Å². The second-order valence-electron chi connectivity index (χ2n) is 12.1. The van der Waals surface area contributed by atoms with Crippen LogP contribution in [0.15, 0.2) is 65.6 Å². The maximum atomic E-state index is 12.8. The Kier molecular flexibility index (Phi) is 16.0. The molecule has 4 rings (SSSR count). The Bertz CT molecular complexity index is 1660. The zero-order chi connectivity index (χ0) is 35.9. The van der Waals surface area contributed by atoms with Crippen LogP contribution >= 0.6 is 23.2 Å². The third-order valence-corrected chi connectivity index (χ3v) is 10.1. The van der Waals surface area contributed by atoms with Gasteiger partial charge in [0.15, 0.2) is 0 Å². The highest BCUT2D eigenvalue weighted by molar-refractivity contribution is 7.89. The number of carbonyl (C=O) groups excluding carboxylic acids is 2. The van der Waals surface area contributed by atoms with E-state index in [1.807, 2.05) is 44.3 Å². The lowest BCUT2D eigenvalue weighted by atomic mass is 9.85. The minimum atomic E-state index is -3.70. The van der Waals surface area contributed by atoms with Crippen LogP contribution in [0.25, 0.3) is 0 Å². The molecule has 0 aliphatic carbocycles. The minimum absolute atomic E-state index is 0.0213. The Balaban J connectivity index is 1.03. The first-order valence-corrected chi connectivity index (χ1v) is 18.9. The number of nitrogens with one attached hydrogen (secondary N) is 3. The van der Waals surface area contributed by atoms with Crippen LogP contribution in [-0.4, -0.2) is 91.5 Å². The number of hydrogen-bond acceptors (Lipinski definition) is 8. The van der Waals surface area contributed by atoms with Crippen LogP contribution in [0, 0.1) is 0 Å². The molecule has 1 aliphatic heterocycles. The molecule has 2 amide bonds. The van der Waals surface area contributed by atoms with Crippen molar-refractivity contribution in [2.24, 2.45) is 0 Å². The lowest BCUT2D eigenvalue weighted by Crippen LogP contribution is -2.31. The lowest BCUT2D eigenvalue weighted by Gasteiger charge is -2.33. The number of urea groups is 1. The van der Waals surface area contributed by atoms with E-state index >= 15 is 0 Å². The molecule has 3 N–H and O–H groups in total. The third-order valence-electron chi connectivity index (χ3n) is 8.04. The summed E-state index contributed by atoms with van der Waals surface area (Å²) >= 11 is 12.8. The van der Waals surface area contributed by atoms with Crippen molar-refractivity contribution in [3.05, 3.63) is 93.0 Å². The molecule has 272 valence electrons. The van der Waals surface area contributed by atoms with Crippen molar-refractivity contribution in [3.8, 4) is 0 Å². The first-order chi connectivity index (χ1) is 24.1. The summed E-state index contributed by atoms with van der Waals surface area (Å²) in [6.45, 7) is 5.79. The van der Waals surface area contributed by atoms with E-state index in [-0.39, 0.29) is 35.8 Å². The molecule has 50 heavy (non-hydrogen) atoms. The molecule has 0 spiro atoms. The van der Waals surface area contributed by atoms with E-state index in [0.29, 0.717) is 68.2 Å². The quantitative estimate of drug-likeness (QED) is 0.127. The number of ketones is 1. The molecule has 0 fully saturated rings. The van der Waals surface area contributed by atoms with Gasteiger partial charge in [0.05, 0.1) is 44.5 Å². The highest BCUT2D eigenvalue weighted by Crippen LogP contribution is 2.38. The Hall–Kier alpha value is -3.07. The summed E-state index contributed by atoms with van der Waals surface area (Å²) in [5.41, 5.74) is 4.65. The van der Waals surface area contributed by atoms with Crippen LogP contribution < -0.4 is 15.4 Å². The molecule has 1 aliphatic rings. The lowest BCUT2D eigenvalue weighted by molar-refractivity contribution is -0.118. The molecule has 3 aromatic carbocycles. The zero-order valence-electron chi connectivity index (χ0n) is 28.5. The number of nitrogens with zero attached hydrogens (tertiary/aromatic N) is 1. The number of halogens is 2. The summed E-state index contributed by atoms with van der Waals surface area (Å²) in [4.78, 5) is 26.2. The smallest absolute Gasteiger partial charge is 0.319 e. The monoisotopic (exact) mass is 748 g/mol. The number of sulfonamides is 1. The summed E-state index contributed by atoms with van der Waals surface area (Å²) in [5.74, 6) is 0.226. The van der Waals surface area contributed by atoms with Crippen LogP contribution in [0.2, 0.25) is 10.0 Å². The zero-order valence-corrected chi connectivity index (χ0v) is 30.8. The first kappa shape index (κ1) is 39.7. The van der Waals surface area contributed by atoms with Crippen molar-refractivity contribution >= 4 is 50.7 Å². The number of hydrogen-bond donors (Lipinski definition) is 3. The molecule has 14 heteroatoms. The number of anilines is 1. The Labute approximate surface area is 305 Å². The summed E-state index contributed by atoms with van der Waals surface area (Å²) < 4.78 is 44.7. The molecule has 3 aromatic rings. The highest BCUT2D eigenvalue weighted by Gasteiger charge is 2.27. The van der Waals surface area contributed by atoms with Gasteiger partial charge in [-0.1, -0.05) is 54.4 Å². The van der Waals surface area contributed by atoms with Crippen LogP contribution in [0.1, 0.15) is 47.9 Å². The average Bonchev–Trinajstić information content (AvgIpc) is 3.08. The van der Waals surface area contributed by atoms with Gasteiger partial charge in [0, 0.05) is 60.7 Å². The molecule has 1 atom stereocenters. The van der Waals surface area contributed by atoms with Gasteiger partial charge < -0.3 is 29.7 Å². The molecule has 0 bridgehead atoms. The van der Waals surface area contributed by atoms with E-state index in [4.69, 9.17) is 37.4 Å². The van der Waals surface area contributed by atoms with Gasteiger partial charge in [-0.05, 0) is 72.1 Å². The third kappa shape index (κ3) is 12.6. The average molecular weight is 750 g/mol. The highest BCUT2D eigenvalue weighted by atomic mass is 35.5. The molecule has 0 saturated carbocycles. The van der Waals surface area contributed by atoms with Crippen molar-refractivity contribution in [2.75, 3.05) is 71.6 Å². The van der Waals surface area contributed by atoms with E-state index < -0.39 is 10.0 Å². The summed E-state index contributed by atoms with van der Waals surface area (Å²) in [6, 6.07) is 17.5. The number of rotatable bonds is 20. The predicted octanol–water partition coefficient (Wildman–Crippen LogP) is 5.63. The fraction of sp³-hybridized carbons (Fsp3) is 0.444. The number of benzene rings is 3. The van der Waals surface area contributed by atoms with E-state index in [9.17, 15) is 18.0 Å². The topological polar surface area (TPSA) is 135 Å². The van der Waals surface area contributed by atoms with E-state index in [1.165, 1.54) is 0 Å². The molecule has 1 heterocycles. The van der Waals surface area contributed by atoms with Crippen molar-refractivity contribution in [3.63, 3.8) is 0 Å². The van der Waals surface area contributed by atoms with Gasteiger partial charge in [0.25, 0.3) is 0 Å². The van der Waals surface area contributed by atoms with Crippen molar-refractivity contribution < 1.29 is 32.2 Å². The summed E-state index contributed by atoms with van der Waals surface area (Å²) in [6.07, 6.45) is 1.81. The molecule has 0 aromatic heterocycles. The molecule has 0 unspecified atom stereocenters. The van der Waals surface area contributed by atoms with Gasteiger partial charge in [-0.2, -0.15) is 0 Å². The van der Waals surface area contributed by atoms with Gasteiger partial charge in [-0.3, -0.25) is 4.79 Å². The Morgan fingerprint density at radius 3 is 2.18 bits per heavy atom. The largest absolute Gasteiger partial charge is 0.378 e. The Morgan fingerprint density at radius 2 is 1.52 bits per heavy atom. The van der Waals surface area contributed by atoms with Crippen molar-refractivity contribution in [1.29, 1.82) is 0 Å². The SMILES string of the molecule is CCCC(=O)Cc1ccc(NC(=O)NCCOCCOCCOCCNS(=O)(=O)c2ccc([C@@H]3CN(C)Cc4c(Cl)cc(Cl)cc43)cc2)cc1. The maximum absolute atomic E-state index is 12.8. The number of ether oxygens (including phenoxy) is 3. The standard InChI is InChI=1S/C36H46Cl2N4O7S/c1-3-4-30(43)21-26-5-9-29(10-6-26)41-36(44)39-13-15-47-17-19-49-20-18-48-16-14-40-50(45,46)31-11-7-27(8-12-31)33-24-42(2)25-34-32(33)22-28(37)23-35(34)38/h5-12,22-23,33,40H,3-4,13-21,24-25H2,1-2H3,(H2,39,41,44)/t33-/m0/s1. The van der Waals surface area contributed by atoms with Gasteiger partial charge in [-0.25, -0.2) is 17.9 Å². The van der Waals surface area contributed by atoms with E-state index in [0.717, 1.165) is 41.8 Å². The van der Waals surface area contributed by atoms with Gasteiger partial charge in [-0.15, -0.1) is 0 Å². The molecule has 11 nitrogen and oxygen atoms in total. The normalized spacial score (nSPS) is 14.7. The number of carbonyl (C=O) groups is 2. The molecular weight excluding hydrogens is 703 g/mol. The number of amides is 2. The second kappa shape index (κ2) is 20.1. The second-order valence-corrected chi connectivity index (χ2v) is 14.7.